The molecule has 1 atom stereocenters. The van der Waals surface area contributed by atoms with Gasteiger partial charge in [0.15, 0.2) is 0 Å². The van der Waals surface area contributed by atoms with Gasteiger partial charge in [-0.1, -0.05) is 42.5 Å². The molecule has 1 fully saturated rings. The van der Waals surface area contributed by atoms with E-state index in [9.17, 15) is 9.59 Å². The number of benzene rings is 2. The molecule has 0 radical (unpaired) electrons. The Morgan fingerprint density at radius 1 is 1.00 bits per heavy atom. The van der Waals surface area contributed by atoms with Gasteiger partial charge in [-0.15, -0.1) is 0 Å². The van der Waals surface area contributed by atoms with Gasteiger partial charge in [0.1, 0.15) is 5.75 Å². The van der Waals surface area contributed by atoms with Crippen molar-refractivity contribution in [3.8, 4) is 5.75 Å². The molecule has 6 nitrogen and oxygen atoms in total. The third kappa shape index (κ3) is 5.81. The first-order chi connectivity index (χ1) is 14.2. The van der Waals surface area contributed by atoms with Crippen LogP contribution in [0.3, 0.4) is 0 Å². The number of para-hydroxylation sites is 1. The Hall–Kier alpha value is -2.86. The lowest BCUT2D eigenvalue weighted by Gasteiger charge is -2.28. The summed E-state index contributed by atoms with van der Waals surface area (Å²) in [5.41, 5.74) is 1.63. The highest BCUT2D eigenvalue weighted by molar-refractivity contribution is 5.98. The van der Waals surface area contributed by atoms with Crippen molar-refractivity contribution in [2.75, 3.05) is 32.8 Å². The quantitative estimate of drug-likeness (QED) is 0.685. The predicted molar refractivity (Wildman–Crippen MR) is 113 cm³/mol. The standard InChI is InChI=1S/C23H29N3O3/c1-2-29-21-13-7-6-12-19(21)23(28)25-17-22(27)24-16-20(26-14-8-9-15-26)18-10-4-3-5-11-18/h3-7,10-13,20H,2,8-9,14-17H2,1H3,(H,24,27)(H,25,28). The van der Waals surface area contributed by atoms with E-state index in [4.69, 9.17) is 4.74 Å². The molecule has 3 rings (SSSR count). The van der Waals surface area contributed by atoms with Crippen molar-refractivity contribution in [1.82, 2.24) is 15.5 Å². The third-order valence-electron chi connectivity index (χ3n) is 5.10. The minimum atomic E-state index is -0.316. The lowest BCUT2D eigenvalue weighted by molar-refractivity contribution is -0.120. The van der Waals surface area contributed by atoms with Crippen molar-refractivity contribution in [3.63, 3.8) is 0 Å². The van der Waals surface area contributed by atoms with Gasteiger partial charge in [-0.2, -0.15) is 0 Å². The number of hydrogen-bond acceptors (Lipinski definition) is 4. The summed E-state index contributed by atoms with van der Waals surface area (Å²) in [5, 5.41) is 5.66. The van der Waals surface area contributed by atoms with Gasteiger partial charge in [0.25, 0.3) is 5.91 Å². The summed E-state index contributed by atoms with van der Waals surface area (Å²) >= 11 is 0. The summed E-state index contributed by atoms with van der Waals surface area (Å²) in [7, 11) is 0. The van der Waals surface area contributed by atoms with Crippen LogP contribution in [0.5, 0.6) is 5.75 Å². The molecular formula is C23H29N3O3. The van der Waals surface area contributed by atoms with Crippen LogP contribution in [0.25, 0.3) is 0 Å². The zero-order chi connectivity index (χ0) is 20.5. The molecule has 29 heavy (non-hydrogen) atoms. The van der Waals surface area contributed by atoms with Crippen molar-refractivity contribution in [2.24, 2.45) is 0 Å². The van der Waals surface area contributed by atoms with Gasteiger partial charge >= 0.3 is 0 Å². The first-order valence-electron chi connectivity index (χ1n) is 10.2. The van der Waals surface area contributed by atoms with Crippen LogP contribution in [-0.4, -0.2) is 49.5 Å². The number of nitrogens with zero attached hydrogens (tertiary/aromatic N) is 1. The van der Waals surface area contributed by atoms with Crippen molar-refractivity contribution >= 4 is 11.8 Å². The van der Waals surface area contributed by atoms with Crippen LogP contribution in [0.2, 0.25) is 0 Å². The highest BCUT2D eigenvalue weighted by Crippen LogP contribution is 2.24. The largest absolute Gasteiger partial charge is 0.493 e. The van der Waals surface area contributed by atoms with Crippen molar-refractivity contribution < 1.29 is 14.3 Å². The van der Waals surface area contributed by atoms with Crippen molar-refractivity contribution in [1.29, 1.82) is 0 Å². The minimum Gasteiger partial charge on any atom is -0.493 e. The minimum absolute atomic E-state index is 0.0686. The van der Waals surface area contributed by atoms with E-state index in [0.717, 1.165) is 13.1 Å². The van der Waals surface area contributed by atoms with Gasteiger partial charge in [-0.3, -0.25) is 14.5 Å². The smallest absolute Gasteiger partial charge is 0.255 e. The average Bonchev–Trinajstić information content (AvgIpc) is 3.28. The van der Waals surface area contributed by atoms with E-state index >= 15 is 0 Å². The molecule has 1 aliphatic heterocycles. The van der Waals surface area contributed by atoms with E-state index in [1.807, 2.05) is 31.2 Å². The molecule has 1 aliphatic rings. The molecule has 1 unspecified atom stereocenters. The zero-order valence-corrected chi connectivity index (χ0v) is 16.9. The number of ether oxygens (including phenoxy) is 1. The van der Waals surface area contributed by atoms with Crippen LogP contribution in [0.15, 0.2) is 54.6 Å². The molecular weight excluding hydrogens is 366 g/mol. The summed E-state index contributed by atoms with van der Waals surface area (Å²) < 4.78 is 5.48. The van der Waals surface area contributed by atoms with E-state index in [2.05, 4.69) is 27.7 Å². The molecule has 2 amide bonds. The van der Waals surface area contributed by atoms with Crippen molar-refractivity contribution in [2.45, 2.75) is 25.8 Å². The van der Waals surface area contributed by atoms with Crippen LogP contribution in [0, 0.1) is 0 Å². The Labute approximate surface area is 172 Å². The summed E-state index contributed by atoms with van der Waals surface area (Å²) in [6.45, 7) is 4.88. The first-order valence-corrected chi connectivity index (χ1v) is 10.2. The monoisotopic (exact) mass is 395 g/mol. The fourth-order valence-corrected chi connectivity index (χ4v) is 3.65. The molecule has 0 bridgehead atoms. The number of nitrogens with one attached hydrogen (secondary N) is 2. The predicted octanol–water partition coefficient (Wildman–Crippen LogP) is 2.77. The molecule has 0 aliphatic carbocycles. The third-order valence-corrected chi connectivity index (χ3v) is 5.10. The van der Waals surface area contributed by atoms with E-state index in [-0.39, 0.29) is 24.4 Å². The van der Waals surface area contributed by atoms with Crippen LogP contribution in [0.4, 0.5) is 0 Å². The Kier molecular flexibility index (Phi) is 7.64. The summed E-state index contributed by atoms with van der Waals surface area (Å²) in [4.78, 5) is 27.2. The molecule has 2 aromatic rings. The molecule has 0 saturated carbocycles. The number of hydrogen-bond donors (Lipinski definition) is 2. The molecule has 0 spiro atoms. The Bertz CT molecular complexity index is 804. The van der Waals surface area contributed by atoms with Gasteiger partial charge in [0.05, 0.1) is 24.8 Å². The number of carbonyl (C=O) groups is 2. The fourth-order valence-electron chi connectivity index (χ4n) is 3.65. The lowest BCUT2D eigenvalue weighted by atomic mass is 10.1. The second kappa shape index (κ2) is 10.6. The summed E-state index contributed by atoms with van der Waals surface area (Å²) in [5.74, 6) is 0.00167. The van der Waals surface area contributed by atoms with Crippen molar-refractivity contribution in [3.05, 3.63) is 65.7 Å². The van der Waals surface area contributed by atoms with Crippen LogP contribution in [-0.2, 0) is 4.79 Å². The Balaban J connectivity index is 1.54. The maximum absolute atomic E-state index is 12.4. The van der Waals surface area contributed by atoms with Gasteiger partial charge in [0, 0.05) is 6.54 Å². The molecule has 2 N–H and O–H groups in total. The van der Waals surface area contributed by atoms with Gasteiger partial charge < -0.3 is 15.4 Å². The molecule has 2 aromatic carbocycles. The van der Waals surface area contributed by atoms with E-state index in [1.54, 1.807) is 18.2 Å². The topological polar surface area (TPSA) is 70.7 Å². The van der Waals surface area contributed by atoms with Crippen LogP contribution < -0.4 is 15.4 Å². The van der Waals surface area contributed by atoms with E-state index in [1.165, 1.54) is 18.4 Å². The molecule has 1 heterocycles. The van der Waals surface area contributed by atoms with Crippen LogP contribution in [0.1, 0.15) is 41.7 Å². The molecule has 1 saturated heterocycles. The van der Waals surface area contributed by atoms with E-state index < -0.39 is 0 Å². The Morgan fingerprint density at radius 3 is 2.41 bits per heavy atom. The number of amides is 2. The highest BCUT2D eigenvalue weighted by Gasteiger charge is 2.24. The maximum Gasteiger partial charge on any atom is 0.255 e. The second-order valence-corrected chi connectivity index (χ2v) is 7.09. The normalized spacial score (nSPS) is 14.9. The fraction of sp³-hybridized carbons (Fsp3) is 0.391. The molecule has 154 valence electrons. The molecule has 6 heteroatoms. The number of rotatable bonds is 9. The SMILES string of the molecule is CCOc1ccccc1C(=O)NCC(=O)NCC(c1ccccc1)N1CCCC1. The average molecular weight is 396 g/mol. The van der Waals surface area contributed by atoms with Gasteiger partial charge in [0.2, 0.25) is 5.91 Å². The van der Waals surface area contributed by atoms with Gasteiger partial charge in [-0.25, -0.2) is 0 Å². The maximum atomic E-state index is 12.4. The van der Waals surface area contributed by atoms with Gasteiger partial charge in [-0.05, 0) is 50.6 Å². The number of carbonyl (C=O) groups excluding carboxylic acids is 2. The summed E-state index contributed by atoms with van der Waals surface area (Å²) in [6.07, 6.45) is 2.37. The lowest BCUT2D eigenvalue weighted by Crippen LogP contribution is -2.41. The van der Waals surface area contributed by atoms with E-state index in [0.29, 0.717) is 24.5 Å². The summed E-state index contributed by atoms with van der Waals surface area (Å²) in [6, 6.07) is 17.4. The second-order valence-electron chi connectivity index (χ2n) is 7.09. The highest BCUT2D eigenvalue weighted by atomic mass is 16.5. The van der Waals surface area contributed by atoms with Crippen LogP contribution >= 0.6 is 0 Å². The molecule has 0 aromatic heterocycles. The number of likely N-dealkylation sites (tertiary alicyclic amines) is 1. The Morgan fingerprint density at radius 2 is 1.69 bits per heavy atom. The zero-order valence-electron chi connectivity index (χ0n) is 16.9. The first kappa shape index (κ1) is 20.9.